The Labute approximate surface area is 128 Å². The molecule has 0 N–H and O–H groups in total. The van der Waals surface area contributed by atoms with Crippen molar-refractivity contribution < 1.29 is 14.3 Å². The van der Waals surface area contributed by atoms with E-state index in [0.29, 0.717) is 27.9 Å². The van der Waals surface area contributed by atoms with Gasteiger partial charge in [-0.1, -0.05) is 17.7 Å². The van der Waals surface area contributed by atoms with E-state index in [1.165, 1.54) is 4.68 Å². The summed E-state index contributed by atoms with van der Waals surface area (Å²) in [4.78, 5) is 12.3. The molecule has 6 heteroatoms. The standard InChI is InChI=1S/C15H17ClN2O3/c1-9-15(16)10(2)18(17-9)14(19)8-11-5-6-12(20-3)13(7-11)21-4/h5-7H,8H2,1-4H3. The van der Waals surface area contributed by atoms with Gasteiger partial charge in [-0.15, -0.1) is 0 Å². The molecule has 0 bridgehead atoms. The lowest BCUT2D eigenvalue weighted by molar-refractivity contribution is 0.0895. The molecule has 0 atom stereocenters. The fourth-order valence-electron chi connectivity index (χ4n) is 2.11. The Morgan fingerprint density at radius 1 is 1.24 bits per heavy atom. The number of hydrogen-bond donors (Lipinski definition) is 0. The van der Waals surface area contributed by atoms with Gasteiger partial charge in [-0.25, -0.2) is 4.68 Å². The molecule has 0 unspecified atom stereocenters. The smallest absolute Gasteiger partial charge is 0.251 e. The van der Waals surface area contributed by atoms with Crippen LogP contribution < -0.4 is 9.47 Å². The molecule has 0 aliphatic rings. The molecule has 1 aromatic heterocycles. The van der Waals surface area contributed by atoms with Crippen LogP contribution in [-0.4, -0.2) is 29.9 Å². The number of hydrogen-bond acceptors (Lipinski definition) is 4. The van der Waals surface area contributed by atoms with Gasteiger partial charge in [0, 0.05) is 0 Å². The SMILES string of the molecule is COc1ccc(CC(=O)n2nc(C)c(Cl)c2C)cc1OC. The molecule has 1 aromatic carbocycles. The minimum Gasteiger partial charge on any atom is -0.493 e. The number of nitrogens with zero attached hydrogens (tertiary/aromatic N) is 2. The maximum absolute atomic E-state index is 12.3. The average Bonchev–Trinajstić information content (AvgIpc) is 2.74. The first kappa shape index (κ1) is 15.4. The highest BCUT2D eigenvalue weighted by Gasteiger charge is 2.16. The second kappa shape index (κ2) is 6.18. The number of carbonyl (C=O) groups excluding carboxylic acids is 1. The van der Waals surface area contributed by atoms with Crippen molar-refractivity contribution in [2.75, 3.05) is 14.2 Å². The zero-order chi connectivity index (χ0) is 15.6. The Morgan fingerprint density at radius 2 is 1.90 bits per heavy atom. The monoisotopic (exact) mass is 308 g/mol. The van der Waals surface area contributed by atoms with Gasteiger partial charge in [0.1, 0.15) is 0 Å². The molecule has 2 aromatic rings. The van der Waals surface area contributed by atoms with Gasteiger partial charge in [0.2, 0.25) is 0 Å². The molecule has 2 rings (SSSR count). The van der Waals surface area contributed by atoms with E-state index >= 15 is 0 Å². The summed E-state index contributed by atoms with van der Waals surface area (Å²) in [7, 11) is 3.13. The van der Waals surface area contributed by atoms with Crippen LogP contribution in [0.1, 0.15) is 21.7 Å². The van der Waals surface area contributed by atoms with Crippen LogP contribution in [0, 0.1) is 13.8 Å². The fourth-order valence-corrected chi connectivity index (χ4v) is 2.22. The van der Waals surface area contributed by atoms with E-state index in [9.17, 15) is 4.79 Å². The van der Waals surface area contributed by atoms with Crippen molar-refractivity contribution in [2.45, 2.75) is 20.3 Å². The average molecular weight is 309 g/mol. The first-order valence-corrected chi connectivity index (χ1v) is 6.81. The number of halogens is 1. The lowest BCUT2D eigenvalue weighted by atomic mass is 10.1. The number of aryl methyl sites for hydroxylation is 1. The summed E-state index contributed by atoms with van der Waals surface area (Å²) in [6.07, 6.45) is 0.207. The van der Waals surface area contributed by atoms with Crippen LogP contribution in [-0.2, 0) is 6.42 Å². The lowest BCUT2D eigenvalue weighted by Crippen LogP contribution is -2.16. The molecular formula is C15H17ClN2O3. The Bertz CT molecular complexity index is 680. The van der Waals surface area contributed by atoms with Crippen molar-refractivity contribution >= 4 is 17.5 Å². The van der Waals surface area contributed by atoms with E-state index in [-0.39, 0.29) is 12.3 Å². The maximum Gasteiger partial charge on any atom is 0.251 e. The molecule has 0 spiro atoms. The molecule has 21 heavy (non-hydrogen) atoms. The van der Waals surface area contributed by atoms with Crippen molar-refractivity contribution in [1.82, 2.24) is 9.78 Å². The summed E-state index contributed by atoms with van der Waals surface area (Å²) < 4.78 is 11.7. The minimum atomic E-state index is -0.144. The number of carbonyl (C=O) groups is 1. The first-order chi connectivity index (χ1) is 9.97. The van der Waals surface area contributed by atoms with Crippen LogP contribution in [0.3, 0.4) is 0 Å². The predicted octanol–water partition coefficient (Wildman–Crippen LogP) is 3.05. The largest absolute Gasteiger partial charge is 0.493 e. The van der Waals surface area contributed by atoms with Crippen molar-refractivity contribution in [3.63, 3.8) is 0 Å². The van der Waals surface area contributed by atoms with Crippen molar-refractivity contribution in [1.29, 1.82) is 0 Å². The lowest BCUT2D eigenvalue weighted by Gasteiger charge is -2.09. The molecule has 1 heterocycles. The first-order valence-electron chi connectivity index (χ1n) is 6.43. The Kier molecular flexibility index (Phi) is 4.53. The summed E-state index contributed by atoms with van der Waals surface area (Å²) >= 11 is 6.06. The van der Waals surface area contributed by atoms with Crippen molar-refractivity contribution in [3.05, 3.63) is 40.2 Å². The molecule has 0 radical (unpaired) electrons. The van der Waals surface area contributed by atoms with E-state index < -0.39 is 0 Å². The normalized spacial score (nSPS) is 10.5. The van der Waals surface area contributed by atoms with Crippen LogP contribution in [0.25, 0.3) is 0 Å². The highest BCUT2D eigenvalue weighted by Crippen LogP contribution is 2.28. The van der Waals surface area contributed by atoms with Crippen LogP contribution in [0.5, 0.6) is 11.5 Å². The Balaban J connectivity index is 2.25. The van der Waals surface area contributed by atoms with E-state index in [2.05, 4.69) is 5.10 Å². The zero-order valence-corrected chi connectivity index (χ0v) is 13.2. The van der Waals surface area contributed by atoms with E-state index in [4.69, 9.17) is 21.1 Å². The quantitative estimate of drug-likeness (QED) is 0.871. The van der Waals surface area contributed by atoms with E-state index in [0.717, 1.165) is 5.56 Å². The van der Waals surface area contributed by atoms with Crippen LogP contribution in [0.15, 0.2) is 18.2 Å². The molecule has 5 nitrogen and oxygen atoms in total. The second-order valence-electron chi connectivity index (χ2n) is 4.66. The molecule has 112 valence electrons. The van der Waals surface area contributed by atoms with Gasteiger partial charge in [0.15, 0.2) is 11.5 Å². The van der Waals surface area contributed by atoms with Gasteiger partial charge in [-0.05, 0) is 31.5 Å². The molecule has 0 saturated carbocycles. The van der Waals surface area contributed by atoms with Gasteiger partial charge in [0.25, 0.3) is 5.91 Å². The zero-order valence-electron chi connectivity index (χ0n) is 12.4. The third-order valence-electron chi connectivity index (χ3n) is 3.24. The summed E-state index contributed by atoms with van der Waals surface area (Å²) in [5.41, 5.74) is 2.12. The van der Waals surface area contributed by atoms with Gasteiger partial charge >= 0.3 is 0 Å². The fraction of sp³-hybridized carbons (Fsp3) is 0.333. The minimum absolute atomic E-state index is 0.144. The number of methoxy groups -OCH3 is 2. The molecule has 0 fully saturated rings. The van der Waals surface area contributed by atoms with E-state index in [1.807, 2.05) is 6.07 Å². The second-order valence-corrected chi connectivity index (χ2v) is 5.03. The van der Waals surface area contributed by atoms with Crippen LogP contribution >= 0.6 is 11.6 Å². The summed E-state index contributed by atoms with van der Waals surface area (Å²) in [5.74, 6) is 1.08. The number of benzene rings is 1. The Morgan fingerprint density at radius 3 is 2.43 bits per heavy atom. The molecule has 0 amide bonds. The molecule has 0 saturated heterocycles. The highest BCUT2D eigenvalue weighted by atomic mass is 35.5. The van der Waals surface area contributed by atoms with Gasteiger partial charge in [-0.2, -0.15) is 5.10 Å². The van der Waals surface area contributed by atoms with E-state index in [1.54, 1.807) is 40.2 Å². The van der Waals surface area contributed by atoms with Crippen LogP contribution in [0.4, 0.5) is 0 Å². The number of ether oxygens (including phenoxy) is 2. The third kappa shape index (κ3) is 3.03. The van der Waals surface area contributed by atoms with Gasteiger partial charge < -0.3 is 9.47 Å². The molecular weight excluding hydrogens is 292 g/mol. The number of aromatic nitrogens is 2. The topological polar surface area (TPSA) is 53.4 Å². The molecule has 0 aliphatic carbocycles. The Hall–Kier alpha value is -2.01. The third-order valence-corrected chi connectivity index (χ3v) is 3.79. The maximum atomic E-state index is 12.3. The number of rotatable bonds is 4. The molecule has 0 aliphatic heterocycles. The van der Waals surface area contributed by atoms with Crippen molar-refractivity contribution in [3.8, 4) is 11.5 Å². The van der Waals surface area contributed by atoms with Gasteiger partial charge in [-0.3, -0.25) is 4.79 Å². The summed E-state index contributed by atoms with van der Waals surface area (Å²) in [6, 6.07) is 5.38. The summed E-state index contributed by atoms with van der Waals surface area (Å²) in [6.45, 7) is 3.55. The predicted molar refractivity (Wildman–Crippen MR) is 80.6 cm³/mol. The van der Waals surface area contributed by atoms with Crippen LogP contribution in [0.2, 0.25) is 5.02 Å². The van der Waals surface area contributed by atoms with Gasteiger partial charge in [0.05, 0.1) is 37.1 Å². The summed E-state index contributed by atoms with van der Waals surface area (Å²) in [5, 5.41) is 4.69. The highest BCUT2D eigenvalue weighted by molar-refractivity contribution is 6.32. The van der Waals surface area contributed by atoms with Crippen molar-refractivity contribution in [2.24, 2.45) is 0 Å².